The molecule has 0 saturated carbocycles. The largest absolute Gasteiger partial charge is 0.484 e. The van der Waals surface area contributed by atoms with E-state index in [1.54, 1.807) is 24.3 Å². The van der Waals surface area contributed by atoms with Gasteiger partial charge in [-0.1, -0.05) is 87.5 Å². The van der Waals surface area contributed by atoms with Gasteiger partial charge in [-0.05, 0) is 42.0 Å². The first-order valence-electron chi connectivity index (χ1n) is 11.1. The summed E-state index contributed by atoms with van der Waals surface area (Å²) in [5, 5.41) is 1.94. The van der Waals surface area contributed by atoms with Gasteiger partial charge < -0.3 is 14.8 Å². The average Bonchev–Trinajstić information content (AvgIpc) is 3.32. The monoisotopic (exact) mass is 665 g/mol. The Hall–Kier alpha value is -1.86. The minimum absolute atomic E-state index is 0.00885. The predicted molar refractivity (Wildman–Crippen MR) is 157 cm³/mol. The molecule has 1 N–H and O–H groups in total. The molecule has 2 aromatic carbocycles. The highest BCUT2D eigenvalue weighted by Gasteiger charge is 2.53. The highest BCUT2D eigenvalue weighted by atomic mass is 35.6. The van der Waals surface area contributed by atoms with Gasteiger partial charge in [0.05, 0.1) is 10.2 Å². The maximum Gasteiger partial charge on any atom is 0.356 e. The van der Waals surface area contributed by atoms with E-state index in [0.717, 1.165) is 19.5 Å². The molecule has 1 aliphatic heterocycles. The fourth-order valence-corrected chi connectivity index (χ4v) is 7.66. The second-order valence-corrected chi connectivity index (χ2v) is 14.6. The molecule has 2 unspecified atom stereocenters. The number of hydrogen-bond donors (Lipinski definition) is 1. The van der Waals surface area contributed by atoms with Crippen molar-refractivity contribution in [2.75, 3.05) is 13.2 Å². The Labute approximate surface area is 255 Å². The molecule has 15 heteroatoms. The number of aromatic nitrogens is 1. The number of alkyl halides is 3. The number of likely N-dealkylation sites (tertiary alicyclic amines) is 1. The van der Waals surface area contributed by atoms with Crippen LogP contribution < -0.4 is 10.1 Å². The number of carbonyl (C=O) groups is 3. The molecule has 2 amide bonds. The van der Waals surface area contributed by atoms with Crippen molar-refractivity contribution in [3.63, 3.8) is 0 Å². The molecule has 8 nitrogen and oxygen atoms in total. The summed E-state index contributed by atoms with van der Waals surface area (Å²) in [6, 6.07) is 15.5. The Balaban J connectivity index is 1.51. The van der Waals surface area contributed by atoms with E-state index in [1.165, 1.54) is 39.8 Å². The van der Waals surface area contributed by atoms with E-state index >= 15 is 0 Å². The van der Waals surface area contributed by atoms with Gasteiger partial charge >= 0.3 is 5.97 Å². The lowest BCUT2D eigenvalue weighted by Crippen LogP contribution is -2.69. The van der Waals surface area contributed by atoms with Crippen LogP contribution in [0.2, 0.25) is 0 Å². The number of carbonyl (C=O) groups excluding carboxylic acids is 3. The van der Waals surface area contributed by atoms with Crippen molar-refractivity contribution < 1.29 is 23.9 Å². The first-order chi connectivity index (χ1) is 18.5. The number of rotatable bonds is 10. The molecule has 4 rings (SSSR count). The zero-order valence-electron chi connectivity index (χ0n) is 19.9. The fraction of sp³-hybridized carbons (Fsp3) is 0.250. The zero-order chi connectivity index (χ0) is 28.2. The number of fused-ring (bicyclic) bond motifs is 1. The summed E-state index contributed by atoms with van der Waals surface area (Å²) in [5.41, 5.74) is 0.617. The lowest BCUT2D eigenvalue weighted by Gasteiger charge is -2.46. The highest BCUT2D eigenvalue weighted by Crippen LogP contribution is 2.46. The van der Waals surface area contributed by atoms with Gasteiger partial charge in [0.25, 0.3) is 11.8 Å². The number of hydrogen-bond acceptors (Lipinski definition) is 9. The lowest BCUT2D eigenvalue weighted by molar-refractivity contribution is -0.152. The zero-order valence-corrected chi connectivity index (χ0v) is 25.4. The number of β-lactam (4-membered cyclic amide) rings is 1. The summed E-state index contributed by atoms with van der Waals surface area (Å²) in [6.45, 7) is 0.572. The maximum atomic E-state index is 13.2. The first kappa shape index (κ1) is 30.1. The van der Waals surface area contributed by atoms with Gasteiger partial charge in [-0.3, -0.25) is 14.5 Å². The maximum absolute atomic E-state index is 13.2. The Morgan fingerprint density at radius 3 is 2.49 bits per heavy atom. The predicted octanol–water partition coefficient (Wildman–Crippen LogP) is 6.15. The molecular weight excluding hydrogens is 648 g/mol. The molecule has 2 atom stereocenters. The first-order valence-corrected chi connectivity index (χ1v) is 15.7. The van der Waals surface area contributed by atoms with Crippen LogP contribution >= 0.6 is 79.3 Å². The molecule has 206 valence electrons. The van der Waals surface area contributed by atoms with Gasteiger partial charge in [-0.2, -0.15) is 0 Å². The molecule has 1 aliphatic rings. The standard InChI is InChI=1S/C24H19Cl4N3O5S3/c1-13(25)19(22(34)36-12-24(26,27)28)31-20(33)18(30-17(32)11-35-14-7-3-2-4-8-14)21(31)38-39-23-29-15-9-5-6-10-16(15)37-23/h2-10,18,21H,11-12H2,1H3,(H,30,32). The average molecular weight is 667 g/mol. The second kappa shape index (κ2) is 13.2. The SMILES string of the molecule is CC(Cl)=C(C(=O)OCC(Cl)(Cl)Cl)N1C(=O)C(NC(=O)COc2ccccc2)C1SSc1nc2ccccc2s1. The van der Waals surface area contributed by atoms with Gasteiger partial charge in [-0.25, -0.2) is 9.78 Å². The van der Waals surface area contributed by atoms with Crippen LogP contribution in [0, 0.1) is 0 Å². The van der Waals surface area contributed by atoms with Gasteiger partial charge in [-0.15, -0.1) is 11.3 Å². The third kappa shape index (κ3) is 7.87. The van der Waals surface area contributed by atoms with E-state index in [-0.39, 0.29) is 17.3 Å². The number of nitrogens with zero attached hydrogens (tertiary/aromatic N) is 2. The van der Waals surface area contributed by atoms with Crippen molar-refractivity contribution in [1.29, 1.82) is 0 Å². The second-order valence-electron chi connectivity index (χ2n) is 7.95. The number of halogens is 4. The summed E-state index contributed by atoms with van der Waals surface area (Å²) in [6.07, 6.45) is 0. The van der Waals surface area contributed by atoms with Crippen molar-refractivity contribution >= 4 is 107 Å². The smallest absolute Gasteiger partial charge is 0.356 e. The van der Waals surface area contributed by atoms with Crippen LogP contribution in [0.15, 0.2) is 69.7 Å². The van der Waals surface area contributed by atoms with Crippen molar-refractivity contribution in [3.05, 3.63) is 65.3 Å². The van der Waals surface area contributed by atoms with Crippen molar-refractivity contribution in [2.24, 2.45) is 0 Å². The van der Waals surface area contributed by atoms with E-state index in [2.05, 4.69) is 10.3 Å². The summed E-state index contributed by atoms with van der Waals surface area (Å²) in [5.74, 6) is -1.52. The molecule has 1 fully saturated rings. The summed E-state index contributed by atoms with van der Waals surface area (Å²) < 4.78 is 10.4. The minimum atomic E-state index is -1.86. The third-order valence-corrected chi connectivity index (χ3v) is 9.61. The Bertz CT molecular complexity index is 1360. The van der Waals surface area contributed by atoms with Crippen LogP contribution in [0.3, 0.4) is 0 Å². The van der Waals surface area contributed by atoms with Crippen LogP contribution in [0.25, 0.3) is 10.2 Å². The molecule has 2 heterocycles. The van der Waals surface area contributed by atoms with Gasteiger partial charge in [0.2, 0.25) is 3.79 Å². The number of ether oxygens (including phenoxy) is 2. The topological polar surface area (TPSA) is 97.8 Å². The Morgan fingerprint density at radius 1 is 1.13 bits per heavy atom. The van der Waals surface area contributed by atoms with E-state index in [1.807, 2.05) is 30.3 Å². The molecule has 39 heavy (non-hydrogen) atoms. The van der Waals surface area contributed by atoms with Crippen LogP contribution in [0.5, 0.6) is 5.75 Å². The molecule has 0 bridgehead atoms. The number of thiazole rings is 1. The third-order valence-electron chi connectivity index (χ3n) is 5.09. The molecule has 1 aromatic heterocycles. The van der Waals surface area contributed by atoms with E-state index in [9.17, 15) is 14.4 Å². The van der Waals surface area contributed by atoms with E-state index in [4.69, 9.17) is 55.9 Å². The number of allylic oxidation sites excluding steroid dienone is 1. The van der Waals surface area contributed by atoms with Crippen LogP contribution in [-0.4, -0.2) is 56.1 Å². The molecule has 1 saturated heterocycles. The van der Waals surface area contributed by atoms with Gasteiger partial charge in [0.1, 0.15) is 29.5 Å². The number of benzene rings is 2. The summed E-state index contributed by atoms with van der Waals surface area (Å²) in [7, 11) is 2.53. The number of amides is 2. The number of para-hydroxylation sites is 2. The van der Waals surface area contributed by atoms with Gasteiger partial charge in [0.15, 0.2) is 10.9 Å². The molecule has 0 aliphatic carbocycles. The van der Waals surface area contributed by atoms with E-state index < -0.39 is 39.6 Å². The van der Waals surface area contributed by atoms with E-state index in [0.29, 0.717) is 5.75 Å². The Kier molecular flexibility index (Phi) is 10.2. The summed E-state index contributed by atoms with van der Waals surface area (Å²) in [4.78, 5) is 44.5. The molecule has 0 spiro atoms. The van der Waals surface area contributed by atoms with Crippen molar-refractivity contribution in [1.82, 2.24) is 15.2 Å². The highest BCUT2D eigenvalue weighted by molar-refractivity contribution is 8.77. The normalized spacial score (nSPS) is 17.9. The van der Waals surface area contributed by atoms with Crippen molar-refractivity contribution in [2.45, 2.75) is 26.5 Å². The van der Waals surface area contributed by atoms with Crippen LogP contribution in [0.1, 0.15) is 6.92 Å². The molecule has 3 aromatic rings. The number of nitrogens with one attached hydrogen (secondary N) is 1. The fourth-order valence-electron chi connectivity index (χ4n) is 3.41. The lowest BCUT2D eigenvalue weighted by atomic mass is 10.1. The van der Waals surface area contributed by atoms with Crippen molar-refractivity contribution in [3.8, 4) is 5.75 Å². The van der Waals surface area contributed by atoms with Crippen LogP contribution in [0.4, 0.5) is 0 Å². The molecule has 0 radical (unpaired) electrons. The van der Waals surface area contributed by atoms with Gasteiger partial charge in [0, 0.05) is 5.03 Å². The van der Waals surface area contributed by atoms with Crippen LogP contribution in [-0.2, 0) is 19.1 Å². The summed E-state index contributed by atoms with van der Waals surface area (Å²) >= 11 is 24.8. The minimum Gasteiger partial charge on any atom is -0.484 e. The quantitative estimate of drug-likeness (QED) is 0.0905. The number of esters is 1. The Morgan fingerprint density at radius 2 is 1.82 bits per heavy atom. The molecular formula is C24H19Cl4N3O5S3.